The first-order chi connectivity index (χ1) is 12.7. The van der Waals surface area contributed by atoms with Crippen molar-refractivity contribution in [3.63, 3.8) is 0 Å². The van der Waals surface area contributed by atoms with Gasteiger partial charge in [-0.05, 0) is 39.0 Å². The van der Waals surface area contributed by atoms with Crippen LogP contribution in [0.2, 0.25) is 0 Å². The summed E-state index contributed by atoms with van der Waals surface area (Å²) in [6, 6.07) is 0. The van der Waals surface area contributed by atoms with Crippen molar-refractivity contribution in [3.8, 4) is 0 Å². The lowest BCUT2D eigenvalue weighted by molar-refractivity contribution is -0.142. The number of halogens is 3. The van der Waals surface area contributed by atoms with Crippen molar-refractivity contribution in [2.75, 3.05) is 13.2 Å². The fraction of sp³-hybridized carbons (Fsp3) is 0.737. The van der Waals surface area contributed by atoms with Gasteiger partial charge in [0.15, 0.2) is 5.69 Å². The van der Waals surface area contributed by atoms with Gasteiger partial charge in [-0.3, -0.25) is 4.79 Å². The SMILES string of the molecule is Cc1nc2c(c(C(F)(F)F)n1)C[C@@H](C(=O)NCC1(CO)CCCCC1)CC2. The van der Waals surface area contributed by atoms with Gasteiger partial charge in [0, 0.05) is 29.1 Å². The number of aryl methyl sites for hydroxylation is 2. The third kappa shape index (κ3) is 4.42. The second-order valence-corrected chi connectivity index (χ2v) is 7.92. The van der Waals surface area contributed by atoms with Crippen LogP contribution in [0.25, 0.3) is 0 Å². The van der Waals surface area contributed by atoms with Gasteiger partial charge in [-0.1, -0.05) is 19.3 Å². The van der Waals surface area contributed by atoms with Gasteiger partial charge in [-0.2, -0.15) is 13.2 Å². The van der Waals surface area contributed by atoms with Gasteiger partial charge in [0.2, 0.25) is 5.91 Å². The van der Waals surface area contributed by atoms with E-state index in [1.165, 1.54) is 6.92 Å². The maximum Gasteiger partial charge on any atom is 0.433 e. The van der Waals surface area contributed by atoms with Crippen LogP contribution in [0.4, 0.5) is 13.2 Å². The number of hydrogen-bond donors (Lipinski definition) is 2. The van der Waals surface area contributed by atoms with E-state index < -0.39 is 17.8 Å². The van der Waals surface area contributed by atoms with Crippen LogP contribution in [0.15, 0.2) is 0 Å². The van der Waals surface area contributed by atoms with Crippen LogP contribution in [0.3, 0.4) is 0 Å². The Morgan fingerprint density at radius 3 is 2.59 bits per heavy atom. The van der Waals surface area contributed by atoms with Crippen molar-refractivity contribution in [3.05, 3.63) is 22.8 Å². The van der Waals surface area contributed by atoms with Crippen LogP contribution >= 0.6 is 0 Å². The largest absolute Gasteiger partial charge is 0.433 e. The molecular weight excluding hydrogens is 359 g/mol. The number of nitrogens with zero attached hydrogens (tertiary/aromatic N) is 2. The van der Waals surface area contributed by atoms with E-state index in [1.54, 1.807) is 0 Å². The molecule has 2 aliphatic rings. The first-order valence-corrected chi connectivity index (χ1v) is 9.56. The van der Waals surface area contributed by atoms with Crippen molar-refractivity contribution in [1.82, 2.24) is 15.3 Å². The molecule has 0 aliphatic heterocycles. The van der Waals surface area contributed by atoms with Crippen LogP contribution in [-0.4, -0.2) is 34.1 Å². The molecule has 1 atom stereocenters. The van der Waals surface area contributed by atoms with Crippen LogP contribution < -0.4 is 5.32 Å². The van der Waals surface area contributed by atoms with E-state index in [9.17, 15) is 23.1 Å². The molecule has 0 aromatic carbocycles. The molecule has 1 aromatic rings. The second kappa shape index (κ2) is 7.73. The minimum atomic E-state index is -4.56. The number of nitrogens with one attached hydrogen (secondary N) is 1. The number of carbonyl (C=O) groups is 1. The Balaban J connectivity index is 1.71. The van der Waals surface area contributed by atoms with Crippen molar-refractivity contribution >= 4 is 5.91 Å². The molecule has 2 aliphatic carbocycles. The molecule has 0 unspecified atom stereocenters. The highest BCUT2D eigenvalue weighted by Gasteiger charge is 2.40. The monoisotopic (exact) mass is 385 g/mol. The molecule has 0 spiro atoms. The Labute approximate surface area is 156 Å². The number of carbonyl (C=O) groups excluding carboxylic acids is 1. The summed E-state index contributed by atoms with van der Waals surface area (Å²) in [6.07, 6.45) is 1.17. The molecule has 0 bridgehead atoms. The molecule has 0 saturated heterocycles. The first kappa shape index (κ1) is 20.0. The molecule has 1 heterocycles. The van der Waals surface area contributed by atoms with Crippen LogP contribution in [0, 0.1) is 18.3 Å². The zero-order valence-corrected chi connectivity index (χ0v) is 15.5. The lowest BCUT2D eigenvalue weighted by Gasteiger charge is -2.36. The highest BCUT2D eigenvalue weighted by molar-refractivity contribution is 5.79. The lowest BCUT2D eigenvalue weighted by Crippen LogP contribution is -2.44. The molecule has 1 aromatic heterocycles. The normalized spacial score (nSPS) is 22.2. The zero-order valence-electron chi connectivity index (χ0n) is 15.5. The molecule has 5 nitrogen and oxygen atoms in total. The Bertz CT molecular complexity index is 700. The van der Waals surface area contributed by atoms with E-state index in [4.69, 9.17) is 0 Å². The van der Waals surface area contributed by atoms with Crippen LogP contribution in [0.5, 0.6) is 0 Å². The Kier molecular flexibility index (Phi) is 5.74. The van der Waals surface area contributed by atoms with Crippen molar-refractivity contribution in [1.29, 1.82) is 0 Å². The molecule has 8 heteroatoms. The topological polar surface area (TPSA) is 75.1 Å². The fourth-order valence-electron chi connectivity index (χ4n) is 4.30. The summed E-state index contributed by atoms with van der Waals surface area (Å²) in [5.41, 5.74) is -0.758. The molecule has 1 saturated carbocycles. The minimum Gasteiger partial charge on any atom is -0.396 e. The third-order valence-corrected chi connectivity index (χ3v) is 5.91. The summed E-state index contributed by atoms with van der Waals surface area (Å²) < 4.78 is 40.1. The lowest BCUT2D eigenvalue weighted by atomic mass is 9.74. The highest BCUT2D eigenvalue weighted by Crippen LogP contribution is 2.37. The van der Waals surface area contributed by atoms with Crippen molar-refractivity contribution in [2.24, 2.45) is 11.3 Å². The maximum atomic E-state index is 13.4. The smallest absolute Gasteiger partial charge is 0.396 e. The van der Waals surface area contributed by atoms with E-state index in [0.717, 1.165) is 32.1 Å². The Hall–Kier alpha value is -1.70. The number of aliphatic hydroxyl groups is 1. The molecule has 2 N–H and O–H groups in total. The third-order valence-electron chi connectivity index (χ3n) is 5.91. The van der Waals surface area contributed by atoms with Gasteiger partial charge in [0.25, 0.3) is 0 Å². The van der Waals surface area contributed by atoms with E-state index >= 15 is 0 Å². The fourth-order valence-corrected chi connectivity index (χ4v) is 4.30. The number of aromatic nitrogens is 2. The summed E-state index contributed by atoms with van der Waals surface area (Å²) >= 11 is 0. The van der Waals surface area contributed by atoms with Gasteiger partial charge >= 0.3 is 6.18 Å². The van der Waals surface area contributed by atoms with Gasteiger partial charge in [-0.25, -0.2) is 9.97 Å². The van der Waals surface area contributed by atoms with Crippen LogP contribution in [0.1, 0.15) is 61.3 Å². The summed E-state index contributed by atoms with van der Waals surface area (Å²) in [5.74, 6) is -0.664. The number of fused-ring (bicyclic) bond motifs is 1. The molecule has 150 valence electrons. The van der Waals surface area contributed by atoms with E-state index in [0.29, 0.717) is 25.1 Å². The highest BCUT2D eigenvalue weighted by atomic mass is 19.4. The summed E-state index contributed by atoms with van der Waals surface area (Å²) in [7, 11) is 0. The van der Waals surface area contributed by atoms with Crippen molar-refractivity contribution in [2.45, 2.75) is 64.5 Å². The van der Waals surface area contributed by atoms with Gasteiger partial charge < -0.3 is 10.4 Å². The average molecular weight is 385 g/mol. The van der Waals surface area contributed by atoms with E-state index in [-0.39, 0.29) is 35.7 Å². The average Bonchev–Trinajstić information content (AvgIpc) is 2.65. The summed E-state index contributed by atoms with van der Waals surface area (Å²) in [5, 5.41) is 12.6. The number of rotatable bonds is 4. The minimum absolute atomic E-state index is 0.00240. The standard InChI is InChI=1S/C19H26F3N3O2/c1-12-24-15-6-5-13(9-14(15)16(25-12)19(20,21)22)17(27)23-10-18(11-26)7-3-2-4-8-18/h13,26H,2-11H2,1H3,(H,23,27)/t13-/m0/s1. The maximum absolute atomic E-state index is 13.4. The Morgan fingerprint density at radius 2 is 1.96 bits per heavy atom. The summed E-state index contributed by atoms with van der Waals surface area (Å²) in [6.45, 7) is 1.85. The number of aliphatic hydroxyl groups excluding tert-OH is 1. The van der Waals surface area contributed by atoms with Crippen molar-refractivity contribution < 1.29 is 23.1 Å². The quantitative estimate of drug-likeness (QED) is 0.836. The zero-order chi connectivity index (χ0) is 19.7. The molecule has 0 radical (unpaired) electrons. The van der Waals surface area contributed by atoms with E-state index in [1.807, 2.05) is 0 Å². The first-order valence-electron chi connectivity index (χ1n) is 9.56. The van der Waals surface area contributed by atoms with E-state index in [2.05, 4.69) is 15.3 Å². The predicted octanol–water partition coefficient (Wildman–Crippen LogP) is 2.97. The number of amides is 1. The van der Waals surface area contributed by atoms with Crippen LogP contribution in [-0.2, 0) is 23.8 Å². The van der Waals surface area contributed by atoms with Gasteiger partial charge in [0.1, 0.15) is 5.82 Å². The Morgan fingerprint density at radius 1 is 1.26 bits per heavy atom. The predicted molar refractivity (Wildman–Crippen MR) is 92.9 cm³/mol. The second-order valence-electron chi connectivity index (χ2n) is 7.92. The molecule has 3 rings (SSSR count). The van der Waals surface area contributed by atoms with Gasteiger partial charge in [0.05, 0.1) is 6.61 Å². The molecule has 1 amide bonds. The molecule has 27 heavy (non-hydrogen) atoms. The van der Waals surface area contributed by atoms with Gasteiger partial charge in [-0.15, -0.1) is 0 Å². The molecule has 1 fully saturated rings. The number of alkyl halides is 3. The molecular formula is C19H26F3N3O2. The number of hydrogen-bond acceptors (Lipinski definition) is 4. The summed E-state index contributed by atoms with van der Waals surface area (Å²) in [4.78, 5) is 20.4.